The van der Waals surface area contributed by atoms with E-state index >= 15 is 0 Å². The van der Waals surface area contributed by atoms with E-state index in [4.69, 9.17) is 4.74 Å². The number of hydrogen-bond donors (Lipinski definition) is 0. The van der Waals surface area contributed by atoms with Crippen molar-refractivity contribution in [1.29, 1.82) is 0 Å². The summed E-state index contributed by atoms with van der Waals surface area (Å²) in [7, 11) is 0. The lowest BCUT2D eigenvalue weighted by Crippen LogP contribution is -2.36. The second kappa shape index (κ2) is 12.0. The first-order valence-corrected chi connectivity index (χ1v) is 6.65. The standard InChI is InChI=1S/C7H15NO.C6H14/c1-2-3-8-4-6-9-7-5-8;1-3-5-6-4-2/h2-7H2,1H3;3-6H2,1-2H3. The molecular weight excluding hydrogens is 186 g/mol. The highest BCUT2D eigenvalue weighted by Gasteiger charge is 2.07. The summed E-state index contributed by atoms with van der Waals surface area (Å²) in [4.78, 5) is 2.45. The number of hydrogen-bond acceptors (Lipinski definition) is 2. The summed E-state index contributed by atoms with van der Waals surface area (Å²) in [6.07, 6.45) is 6.80. The summed E-state index contributed by atoms with van der Waals surface area (Å²) in [5.74, 6) is 0. The van der Waals surface area contributed by atoms with Crippen LogP contribution in [-0.2, 0) is 4.74 Å². The van der Waals surface area contributed by atoms with Crippen molar-refractivity contribution < 1.29 is 4.74 Å². The van der Waals surface area contributed by atoms with Crippen LogP contribution < -0.4 is 0 Å². The van der Waals surface area contributed by atoms with Crippen LogP contribution >= 0.6 is 0 Å². The second-order valence-corrected chi connectivity index (χ2v) is 4.16. The van der Waals surface area contributed by atoms with Crippen LogP contribution in [0.4, 0.5) is 0 Å². The van der Waals surface area contributed by atoms with Crippen LogP contribution in [0.25, 0.3) is 0 Å². The summed E-state index contributed by atoms with van der Waals surface area (Å²) in [5.41, 5.74) is 0. The predicted octanol–water partition coefficient (Wildman–Crippen LogP) is 3.32. The molecule has 2 heteroatoms. The first kappa shape index (κ1) is 14.9. The third-order valence-corrected chi connectivity index (χ3v) is 2.60. The van der Waals surface area contributed by atoms with E-state index in [0.29, 0.717) is 0 Å². The van der Waals surface area contributed by atoms with Crippen molar-refractivity contribution in [3.63, 3.8) is 0 Å². The Balaban J connectivity index is 0.000000288. The zero-order valence-corrected chi connectivity index (χ0v) is 10.9. The SMILES string of the molecule is CCCCCC.CCCN1CCOCC1. The molecule has 1 aliphatic rings. The van der Waals surface area contributed by atoms with Gasteiger partial charge in [0.2, 0.25) is 0 Å². The number of ether oxygens (including phenoxy) is 1. The Bertz CT molecular complexity index is 104. The number of morpholine rings is 1. The molecule has 1 saturated heterocycles. The third-order valence-electron chi connectivity index (χ3n) is 2.60. The van der Waals surface area contributed by atoms with Crippen LogP contribution in [0, 0.1) is 0 Å². The molecule has 0 N–H and O–H groups in total. The van der Waals surface area contributed by atoms with Crippen molar-refractivity contribution in [2.45, 2.75) is 52.9 Å². The molecule has 0 aromatic rings. The Labute approximate surface area is 96.0 Å². The highest BCUT2D eigenvalue weighted by atomic mass is 16.5. The van der Waals surface area contributed by atoms with Crippen molar-refractivity contribution in [2.75, 3.05) is 32.8 Å². The summed E-state index contributed by atoms with van der Waals surface area (Å²) in [6.45, 7) is 12.0. The maximum absolute atomic E-state index is 5.20. The Morgan fingerprint density at radius 2 is 1.40 bits per heavy atom. The lowest BCUT2D eigenvalue weighted by atomic mass is 10.2. The third kappa shape index (κ3) is 10.2. The fraction of sp³-hybridized carbons (Fsp3) is 1.00. The fourth-order valence-electron chi connectivity index (χ4n) is 1.64. The number of rotatable bonds is 5. The first-order chi connectivity index (χ1) is 7.35. The van der Waals surface area contributed by atoms with Gasteiger partial charge in [0.25, 0.3) is 0 Å². The minimum Gasteiger partial charge on any atom is -0.379 e. The van der Waals surface area contributed by atoms with Crippen molar-refractivity contribution in [3.05, 3.63) is 0 Å². The Kier molecular flexibility index (Phi) is 11.9. The van der Waals surface area contributed by atoms with E-state index < -0.39 is 0 Å². The molecule has 0 aromatic heterocycles. The van der Waals surface area contributed by atoms with Gasteiger partial charge in [-0.3, -0.25) is 4.90 Å². The Morgan fingerprint density at radius 1 is 0.867 bits per heavy atom. The molecule has 15 heavy (non-hydrogen) atoms. The zero-order chi connectivity index (χ0) is 11.4. The smallest absolute Gasteiger partial charge is 0.0594 e. The van der Waals surface area contributed by atoms with E-state index in [0.717, 1.165) is 26.3 Å². The molecule has 0 atom stereocenters. The van der Waals surface area contributed by atoms with Gasteiger partial charge in [-0.05, 0) is 13.0 Å². The molecular formula is C13H29NO. The topological polar surface area (TPSA) is 12.5 Å². The molecule has 0 spiro atoms. The van der Waals surface area contributed by atoms with Gasteiger partial charge in [0.15, 0.2) is 0 Å². The molecule has 0 saturated carbocycles. The van der Waals surface area contributed by atoms with Gasteiger partial charge in [-0.1, -0.05) is 46.5 Å². The van der Waals surface area contributed by atoms with Crippen LogP contribution in [0.5, 0.6) is 0 Å². The lowest BCUT2D eigenvalue weighted by Gasteiger charge is -2.25. The van der Waals surface area contributed by atoms with Crippen LogP contribution in [0.3, 0.4) is 0 Å². The van der Waals surface area contributed by atoms with E-state index in [1.165, 1.54) is 38.6 Å². The maximum atomic E-state index is 5.20. The van der Waals surface area contributed by atoms with Gasteiger partial charge in [0.1, 0.15) is 0 Å². The normalized spacial score (nSPS) is 17.0. The van der Waals surface area contributed by atoms with E-state index in [1.54, 1.807) is 0 Å². The van der Waals surface area contributed by atoms with Gasteiger partial charge in [-0.15, -0.1) is 0 Å². The minimum absolute atomic E-state index is 0.931. The molecule has 0 aromatic carbocycles. The molecule has 0 bridgehead atoms. The molecule has 92 valence electrons. The molecule has 1 rings (SSSR count). The zero-order valence-electron chi connectivity index (χ0n) is 10.9. The predicted molar refractivity (Wildman–Crippen MR) is 67.4 cm³/mol. The van der Waals surface area contributed by atoms with Crippen LogP contribution in [-0.4, -0.2) is 37.7 Å². The highest BCUT2D eigenvalue weighted by Crippen LogP contribution is 1.96. The number of nitrogens with zero attached hydrogens (tertiary/aromatic N) is 1. The van der Waals surface area contributed by atoms with Gasteiger partial charge in [-0.2, -0.15) is 0 Å². The first-order valence-electron chi connectivity index (χ1n) is 6.65. The molecule has 2 nitrogen and oxygen atoms in total. The average Bonchev–Trinajstić information content (AvgIpc) is 2.29. The maximum Gasteiger partial charge on any atom is 0.0594 e. The quantitative estimate of drug-likeness (QED) is 0.652. The Morgan fingerprint density at radius 3 is 1.80 bits per heavy atom. The largest absolute Gasteiger partial charge is 0.379 e. The summed E-state index contributed by atoms with van der Waals surface area (Å²) >= 11 is 0. The van der Waals surface area contributed by atoms with Crippen molar-refractivity contribution in [1.82, 2.24) is 4.90 Å². The second-order valence-electron chi connectivity index (χ2n) is 4.16. The molecule has 1 heterocycles. The molecule has 1 aliphatic heterocycles. The lowest BCUT2D eigenvalue weighted by molar-refractivity contribution is 0.0380. The van der Waals surface area contributed by atoms with E-state index in [2.05, 4.69) is 25.7 Å². The summed E-state index contributed by atoms with van der Waals surface area (Å²) < 4.78 is 5.20. The Hall–Kier alpha value is -0.0800. The fourth-order valence-corrected chi connectivity index (χ4v) is 1.64. The van der Waals surface area contributed by atoms with Crippen LogP contribution in [0.15, 0.2) is 0 Å². The monoisotopic (exact) mass is 215 g/mol. The van der Waals surface area contributed by atoms with Crippen LogP contribution in [0.1, 0.15) is 52.9 Å². The number of unbranched alkanes of at least 4 members (excludes halogenated alkanes) is 3. The molecule has 0 radical (unpaired) electrons. The van der Waals surface area contributed by atoms with E-state index in [1.807, 2.05) is 0 Å². The van der Waals surface area contributed by atoms with Gasteiger partial charge in [0, 0.05) is 13.1 Å². The molecule has 1 fully saturated rings. The minimum atomic E-state index is 0.931. The van der Waals surface area contributed by atoms with Crippen molar-refractivity contribution >= 4 is 0 Å². The van der Waals surface area contributed by atoms with Gasteiger partial charge in [0.05, 0.1) is 13.2 Å². The molecule has 0 aliphatic carbocycles. The summed E-state index contributed by atoms with van der Waals surface area (Å²) in [6, 6.07) is 0. The highest BCUT2D eigenvalue weighted by molar-refractivity contribution is 4.59. The summed E-state index contributed by atoms with van der Waals surface area (Å²) in [5, 5.41) is 0. The van der Waals surface area contributed by atoms with Crippen molar-refractivity contribution in [3.8, 4) is 0 Å². The van der Waals surface area contributed by atoms with Crippen LogP contribution in [0.2, 0.25) is 0 Å². The average molecular weight is 215 g/mol. The molecule has 0 unspecified atom stereocenters. The molecule has 0 amide bonds. The van der Waals surface area contributed by atoms with E-state index in [-0.39, 0.29) is 0 Å². The van der Waals surface area contributed by atoms with Crippen molar-refractivity contribution in [2.24, 2.45) is 0 Å². The van der Waals surface area contributed by atoms with Gasteiger partial charge >= 0.3 is 0 Å². The van der Waals surface area contributed by atoms with Gasteiger partial charge < -0.3 is 4.74 Å². The van der Waals surface area contributed by atoms with E-state index in [9.17, 15) is 0 Å². The van der Waals surface area contributed by atoms with Gasteiger partial charge in [-0.25, -0.2) is 0 Å².